The lowest BCUT2D eigenvalue weighted by Crippen LogP contribution is -1.97. The van der Waals surface area contributed by atoms with Gasteiger partial charge in [-0.1, -0.05) is 31.1 Å². The molecular formula is C11H10O2. The fourth-order valence-corrected chi connectivity index (χ4v) is 1.08. The fraction of sp³-hybridized carbons (Fsp3) is 0.182. The molecule has 1 aliphatic rings. The van der Waals surface area contributed by atoms with Crippen LogP contribution in [-0.4, -0.2) is 11.1 Å². The van der Waals surface area contributed by atoms with Crippen molar-refractivity contribution in [3.05, 3.63) is 35.5 Å². The third-order valence-corrected chi connectivity index (χ3v) is 1.75. The van der Waals surface area contributed by atoms with Gasteiger partial charge in [0.25, 0.3) is 0 Å². The van der Waals surface area contributed by atoms with Crippen LogP contribution in [0.15, 0.2) is 35.5 Å². The molecule has 0 aromatic carbocycles. The lowest BCUT2D eigenvalue weighted by molar-refractivity contribution is -0.132. The maximum atomic E-state index is 10.7. The zero-order chi connectivity index (χ0) is 9.84. The van der Waals surface area contributed by atoms with Crippen LogP contribution in [0.4, 0.5) is 0 Å². The number of hydrogen-bond donors (Lipinski definition) is 1. The summed E-state index contributed by atoms with van der Waals surface area (Å²) < 4.78 is 0. The second-order valence-electron chi connectivity index (χ2n) is 2.89. The molecule has 13 heavy (non-hydrogen) atoms. The predicted octanol–water partition coefficient (Wildman–Crippen LogP) is 1.76. The summed E-state index contributed by atoms with van der Waals surface area (Å²) in [7, 11) is 0. The third kappa shape index (κ3) is 2.34. The number of rotatable bonds is 1. The summed E-state index contributed by atoms with van der Waals surface area (Å²) in [5.74, 6) is 1.67. The molecule has 0 saturated carbocycles. The number of allylic oxidation sites excluding steroid dienone is 4. The van der Waals surface area contributed by atoms with Crippen LogP contribution in [0.5, 0.6) is 0 Å². The first-order valence-electron chi connectivity index (χ1n) is 3.95. The lowest BCUT2D eigenvalue weighted by Gasteiger charge is -1.94. The maximum Gasteiger partial charge on any atom is 0.335 e. The molecule has 1 unspecified atom stereocenters. The van der Waals surface area contributed by atoms with Crippen molar-refractivity contribution >= 4 is 5.97 Å². The Morgan fingerprint density at radius 1 is 1.69 bits per heavy atom. The fourth-order valence-electron chi connectivity index (χ4n) is 1.08. The molecule has 0 spiro atoms. The maximum absolute atomic E-state index is 10.7. The number of aliphatic carboxylic acids is 1. The van der Waals surface area contributed by atoms with Gasteiger partial charge in [0.05, 0.1) is 5.57 Å². The minimum atomic E-state index is -0.952. The van der Waals surface area contributed by atoms with Crippen molar-refractivity contribution in [1.82, 2.24) is 0 Å². The van der Waals surface area contributed by atoms with Crippen molar-refractivity contribution in [2.24, 2.45) is 5.92 Å². The molecule has 1 aliphatic carbocycles. The van der Waals surface area contributed by atoms with Gasteiger partial charge in [-0.3, -0.25) is 0 Å². The van der Waals surface area contributed by atoms with E-state index in [1.54, 1.807) is 6.08 Å². The molecule has 0 radical (unpaired) electrons. The third-order valence-electron chi connectivity index (χ3n) is 1.75. The first-order valence-corrected chi connectivity index (χ1v) is 3.95. The molecule has 0 heterocycles. The molecule has 1 rings (SSSR count). The van der Waals surface area contributed by atoms with Crippen LogP contribution in [0.2, 0.25) is 0 Å². The van der Waals surface area contributed by atoms with Gasteiger partial charge in [-0.25, -0.2) is 4.79 Å². The van der Waals surface area contributed by atoms with Gasteiger partial charge in [0.15, 0.2) is 0 Å². The van der Waals surface area contributed by atoms with E-state index in [1.165, 1.54) is 6.08 Å². The van der Waals surface area contributed by atoms with Crippen LogP contribution in [0.3, 0.4) is 0 Å². The SMILES string of the molecule is C#CC1=CC(C)C=CC(C(=O)O)=C1. The van der Waals surface area contributed by atoms with Gasteiger partial charge >= 0.3 is 5.97 Å². The van der Waals surface area contributed by atoms with E-state index in [2.05, 4.69) is 5.92 Å². The highest BCUT2D eigenvalue weighted by Gasteiger charge is 2.07. The molecule has 0 aromatic heterocycles. The highest BCUT2D eigenvalue weighted by molar-refractivity contribution is 5.91. The Balaban J connectivity index is 3.08. The summed E-state index contributed by atoms with van der Waals surface area (Å²) in [6.45, 7) is 1.95. The van der Waals surface area contributed by atoms with E-state index < -0.39 is 5.97 Å². The van der Waals surface area contributed by atoms with Crippen LogP contribution < -0.4 is 0 Å². The van der Waals surface area contributed by atoms with Crippen molar-refractivity contribution < 1.29 is 9.90 Å². The Morgan fingerprint density at radius 3 is 2.92 bits per heavy atom. The monoisotopic (exact) mass is 174 g/mol. The molecule has 0 aromatic rings. The topological polar surface area (TPSA) is 37.3 Å². The number of carboxylic acids is 1. The predicted molar refractivity (Wildman–Crippen MR) is 50.9 cm³/mol. The van der Waals surface area contributed by atoms with Crippen molar-refractivity contribution in [2.75, 3.05) is 0 Å². The summed E-state index contributed by atoms with van der Waals surface area (Å²) >= 11 is 0. The Morgan fingerprint density at radius 2 is 2.38 bits per heavy atom. The first kappa shape index (κ1) is 9.34. The van der Waals surface area contributed by atoms with E-state index >= 15 is 0 Å². The summed E-state index contributed by atoms with van der Waals surface area (Å²) in [5.41, 5.74) is 0.850. The van der Waals surface area contributed by atoms with Crippen LogP contribution in [0.25, 0.3) is 0 Å². The van der Waals surface area contributed by atoms with Gasteiger partial charge in [0, 0.05) is 5.57 Å². The number of hydrogen-bond acceptors (Lipinski definition) is 1. The molecular weight excluding hydrogens is 164 g/mol. The number of carbonyl (C=O) groups is 1. The van der Waals surface area contributed by atoms with Gasteiger partial charge < -0.3 is 5.11 Å². The second kappa shape index (κ2) is 3.77. The van der Waals surface area contributed by atoms with E-state index in [1.807, 2.05) is 19.1 Å². The lowest BCUT2D eigenvalue weighted by atomic mass is 10.1. The van der Waals surface area contributed by atoms with Crippen LogP contribution >= 0.6 is 0 Å². The Bertz CT molecular complexity index is 351. The van der Waals surface area contributed by atoms with Crippen molar-refractivity contribution in [3.8, 4) is 12.3 Å². The normalized spacial score (nSPS) is 21.1. The van der Waals surface area contributed by atoms with Crippen molar-refractivity contribution in [3.63, 3.8) is 0 Å². The highest BCUT2D eigenvalue weighted by atomic mass is 16.4. The van der Waals surface area contributed by atoms with Gasteiger partial charge in [-0.2, -0.15) is 0 Å². The Kier molecular flexibility index (Phi) is 2.71. The molecule has 0 amide bonds. The highest BCUT2D eigenvalue weighted by Crippen LogP contribution is 2.14. The molecule has 0 aliphatic heterocycles. The molecule has 2 heteroatoms. The Labute approximate surface area is 77.3 Å². The van der Waals surface area contributed by atoms with Crippen LogP contribution in [-0.2, 0) is 4.79 Å². The van der Waals surface area contributed by atoms with Gasteiger partial charge in [-0.15, -0.1) is 6.42 Å². The van der Waals surface area contributed by atoms with Gasteiger partial charge in [-0.05, 0) is 12.0 Å². The molecule has 0 bridgehead atoms. The standard InChI is InChI=1S/C11H10O2/c1-3-9-6-8(2)4-5-10(7-9)11(12)13/h1,4-8H,2H3,(H,12,13). The average molecular weight is 174 g/mol. The molecule has 2 nitrogen and oxygen atoms in total. The van der Waals surface area contributed by atoms with E-state index in [-0.39, 0.29) is 11.5 Å². The summed E-state index contributed by atoms with van der Waals surface area (Å²) in [6.07, 6.45) is 12.0. The summed E-state index contributed by atoms with van der Waals surface area (Å²) in [5, 5.41) is 8.75. The number of terminal acetylenes is 1. The van der Waals surface area contributed by atoms with Gasteiger partial charge in [0.1, 0.15) is 0 Å². The zero-order valence-corrected chi connectivity index (χ0v) is 7.32. The van der Waals surface area contributed by atoms with E-state index in [0.717, 1.165) is 0 Å². The first-order chi connectivity index (χ1) is 6.13. The quantitative estimate of drug-likeness (QED) is 0.615. The van der Waals surface area contributed by atoms with E-state index in [0.29, 0.717) is 5.57 Å². The summed E-state index contributed by atoms with van der Waals surface area (Å²) in [4.78, 5) is 10.7. The Hall–Kier alpha value is -1.75. The second-order valence-corrected chi connectivity index (χ2v) is 2.89. The van der Waals surface area contributed by atoms with Crippen LogP contribution in [0, 0.1) is 18.3 Å². The average Bonchev–Trinajstić information content (AvgIpc) is 2.26. The van der Waals surface area contributed by atoms with Crippen molar-refractivity contribution in [2.45, 2.75) is 6.92 Å². The summed E-state index contributed by atoms with van der Waals surface area (Å²) in [6, 6.07) is 0. The van der Waals surface area contributed by atoms with E-state index in [4.69, 9.17) is 11.5 Å². The molecule has 0 saturated heterocycles. The molecule has 0 fully saturated rings. The van der Waals surface area contributed by atoms with Crippen LogP contribution in [0.1, 0.15) is 6.92 Å². The molecule has 66 valence electrons. The zero-order valence-electron chi connectivity index (χ0n) is 7.32. The molecule has 1 N–H and O–H groups in total. The van der Waals surface area contributed by atoms with E-state index in [9.17, 15) is 4.79 Å². The van der Waals surface area contributed by atoms with Crippen molar-refractivity contribution in [1.29, 1.82) is 0 Å². The number of carboxylic acid groups (broad SMARTS) is 1. The smallest absolute Gasteiger partial charge is 0.335 e. The largest absolute Gasteiger partial charge is 0.478 e. The molecule has 1 atom stereocenters. The minimum Gasteiger partial charge on any atom is -0.478 e. The van der Waals surface area contributed by atoms with Gasteiger partial charge in [0.2, 0.25) is 0 Å². The minimum absolute atomic E-state index is 0.180.